The Morgan fingerprint density at radius 2 is 1.52 bits per heavy atom. The van der Waals surface area contributed by atoms with Crippen molar-refractivity contribution in [1.29, 1.82) is 0 Å². The number of unbranched alkanes of at least 4 members (excludes halogenated alkanes) is 3. The maximum Gasteiger partial charge on any atom is 0.416 e. The van der Waals surface area contributed by atoms with Gasteiger partial charge in [0.2, 0.25) is 0 Å². The van der Waals surface area contributed by atoms with E-state index in [4.69, 9.17) is 15.3 Å². The number of hydrogen-bond acceptors (Lipinski definition) is 3. The molecule has 1 aromatic carbocycles. The van der Waals surface area contributed by atoms with E-state index in [0.717, 1.165) is 49.8 Å². The fraction of sp³-hybridized carbons (Fsp3) is 0.647. The molecule has 0 radical (unpaired) electrons. The van der Waals surface area contributed by atoms with Gasteiger partial charge in [0.05, 0.1) is 5.56 Å². The smallest absolute Gasteiger partial charge is 0.344 e. The van der Waals surface area contributed by atoms with Crippen LogP contribution in [0.25, 0.3) is 0 Å². The van der Waals surface area contributed by atoms with Crippen molar-refractivity contribution in [2.24, 2.45) is 0 Å². The van der Waals surface area contributed by atoms with Crippen molar-refractivity contribution >= 4 is 0 Å². The van der Waals surface area contributed by atoms with Crippen LogP contribution in [0.15, 0.2) is 24.3 Å². The lowest BCUT2D eigenvalue weighted by Gasteiger charge is -2.21. The van der Waals surface area contributed by atoms with Crippen LogP contribution in [0.1, 0.15) is 68.9 Å². The van der Waals surface area contributed by atoms with E-state index < -0.39 is 17.7 Å². The molecule has 0 fully saturated rings. The van der Waals surface area contributed by atoms with Gasteiger partial charge < -0.3 is 15.3 Å². The SMILES string of the molecule is CCCCCCC(CCC(O)(O)O)c1ccc(C(F)(F)F)cc1. The quantitative estimate of drug-likeness (QED) is 0.469. The maximum atomic E-state index is 12.6. The summed E-state index contributed by atoms with van der Waals surface area (Å²) in [6.07, 6.45) is 0.521. The van der Waals surface area contributed by atoms with Gasteiger partial charge in [-0.15, -0.1) is 0 Å². The van der Waals surface area contributed by atoms with E-state index >= 15 is 0 Å². The summed E-state index contributed by atoms with van der Waals surface area (Å²) in [6.45, 7) is 2.09. The third-order valence-corrected chi connectivity index (χ3v) is 3.94. The molecular formula is C17H25F3O3. The second-order valence-electron chi connectivity index (χ2n) is 5.98. The summed E-state index contributed by atoms with van der Waals surface area (Å²) in [5.74, 6) is -2.85. The first kappa shape index (κ1) is 19.9. The fourth-order valence-corrected chi connectivity index (χ4v) is 2.61. The van der Waals surface area contributed by atoms with Crippen LogP contribution < -0.4 is 0 Å². The Kier molecular flexibility index (Phi) is 7.51. The van der Waals surface area contributed by atoms with E-state index in [0.29, 0.717) is 6.42 Å². The van der Waals surface area contributed by atoms with E-state index in [1.54, 1.807) is 0 Å². The highest BCUT2D eigenvalue weighted by atomic mass is 19.4. The largest absolute Gasteiger partial charge is 0.416 e. The first-order valence-electron chi connectivity index (χ1n) is 7.97. The van der Waals surface area contributed by atoms with Crippen molar-refractivity contribution in [2.75, 3.05) is 0 Å². The summed E-state index contributed by atoms with van der Waals surface area (Å²) in [7, 11) is 0. The number of rotatable bonds is 9. The topological polar surface area (TPSA) is 60.7 Å². The molecule has 6 heteroatoms. The predicted molar refractivity (Wildman–Crippen MR) is 81.6 cm³/mol. The summed E-state index contributed by atoms with van der Waals surface area (Å²) in [5.41, 5.74) is 0.0190. The molecule has 1 unspecified atom stereocenters. The van der Waals surface area contributed by atoms with Gasteiger partial charge in [0.25, 0.3) is 5.97 Å². The Hall–Kier alpha value is -1.11. The van der Waals surface area contributed by atoms with Crippen molar-refractivity contribution in [3.63, 3.8) is 0 Å². The summed E-state index contributed by atoms with van der Waals surface area (Å²) in [5, 5.41) is 27.1. The molecule has 3 N–H and O–H groups in total. The molecule has 0 bridgehead atoms. The number of hydrogen-bond donors (Lipinski definition) is 3. The van der Waals surface area contributed by atoms with E-state index in [-0.39, 0.29) is 12.3 Å². The summed E-state index contributed by atoms with van der Waals surface area (Å²) in [4.78, 5) is 0. The van der Waals surface area contributed by atoms with Gasteiger partial charge in [-0.1, -0.05) is 44.7 Å². The predicted octanol–water partition coefficient (Wildman–Crippen LogP) is 4.17. The molecule has 0 saturated heterocycles. The van der Waals surface area contributed by atoms with Crippen LogP contribution in [-0.4, -0.2) is 21.3 Å². The van der Waals surface area contributed by atoms with Crippen molar-refractivity contribution < 1.29 is 28.5 Å². The second-order valence-corrected chi connectivity index (χ2v) is 5.98. The molecule has 1 rings (SSSR count). The minimum Gasteiger partial charge on any atom is -0.344 e. The Bertz CT molecular complexity index is 450. The van der Waals surface area contributed by atoms with Crippen LogP contribution in [-0.2, 0) is 6.18 Å². The normalized spacial score (nSPS) is 14.0. The van der Waals surface area contributed by atoms with E-state index in [9.17, 15) is 13.2 Å². The number of aliphatic hydroxyl groups is 3. The summed E-state index contributed by atoms with van der Waals surface area (Å²) < 4.78 is 37.8. The molecule has 0 aliphatic carbocycles. The average Bonchev–Trinajstić information content (AvgIpc) is 2.45. The molecule has 0 aliphatic rings. The van der Waals surface area contributed by atoms with E-state index in [2.05, 4.69) is 6.92 Å². The number of benzene rings is 1. The van der Waals surface area contributed by atoms with Crippen LogP contribution in [0.3, 0.4) is 0 Å². The molecular weight excluding hydrogens is 309 g/mol. The molecule has 132 valence electrons. The van der Waals surface area contributed by atoms with Gasteiger partial charge in [0.1, 0.15) is 0 Å². The van der Waals surface area contributed by atoms with Gasteiger partial charge in [0.15, 0.2) is 0 Å². The number of halogens is 3. The monoisotopic (exact) mass is 334 g/mol. The maximum absolute atomic E-state index is 12.6. The molecule has 0 spiro atoms. The molecule has 0 heterocycles. The van der Waals surface area contributed by atoms with Gasteiger partial charge in [-0.2, -0.15) is 13.2 Å². The number of alkyl halides is 3. The van der Waals surface area contributed by atoms with E-state index in [1.165, 1.54) is 12.1 Å². The minimum atomic E-state index is -4.37. The summed E-state index contributed by atoms with van der Waals surface area (Å²) in [6, 6.07) is 4.94. The lowest BCUT2D eigenvalue weighted by Crippen LogP contribution is -2.27. The van der Waals surface area contributed by atoms with Gasteiger partial charge in [-0.3, -0.25) is 0 Å². The van der Waals surface area contributed by atoms with Gasteiger partial charge in [-0.05, 0) is 36.5 Å². The van der Waals surface area contributed by atoms with Crippen molar-refractivity contribution in [1.82, 2.24) is 0 Å². The third kappa shape index (κ3) is 7.81. The standard InChI is InChI=1S/C17H25F3O3/c1-2-3-4-5-6-13(11-12-16(21,22)23)14-7-9-15(10-8-14)17(18,19)20/h7-10,13,21-23H,2-6,11-12H2,1H3. The Labute approximate surface area is 134 Å². The zero-order chi connectivity index (χ0) is 17.5. The van der Waals surface area contributed by atoms with Crippen molar-refractivity contribution in [3.8, 4) is 0 Å². The average molecular weight is 334 g/mol. The molecule has 23 heavy (non-hydrogen) atoms. The van der Waals surface area contributed by atoms with Gasteiger partial charge in [-0.25, -0.2) is 0 Å². The molecule has 1 atom stereocenters. The Morgan fingerprint density at radius 1 is 0.913 bits per heavy atom. The van der Waals surface area contributed by atoms with Crippen molar-refractivity contribution in [2.45, 2.75) is 69.9 Å². The Morgan fingerprint density at radius 3 is 2.00 bits per heavy atom. The van der Waals surface area contributed by atoms with Gasteiger partial charge >= 0.3 is 6.18 Å². The van der Waals surface area contributed by atoms with Crippen LogP contribution in [0.2, 0.25) is 0 Å². The molecule has 0 aliphatic heterocycles. The first-order valence-corrected chi connectivity index (χ1v) is 7.97. The lowest BCUT2D eigenvalue weighted by atomic mass is 9.88. The van der Waals surface area contributed by atoms with Crippen LogP contribution in [0.5, 0.6) is 0 Å². The molecule has 0 amide bonds. The second kappa shape index (κ2) is 8.66. The molecule has 0 aromatic heterocycles. The van der Waals surface area contributed by atoms with Crippen LogP contribution in [0.4, 0.5) is 13.2 Å². The zero-order valence-corrected chi connectivity index (χ0v) is 13.3. The lowest BCUT2D eigenvalue weighted by molar-refractivity contribution is -0.315. The van der Waals surface area contributed by atoms with E-state index in [1.807, 2.05) is 0 Å². The zero-order valence-electron chi connectivity index (χ0n) is 13.3. The van der Waals surface area contributed by atoms with Crippen molar-refractivity contribution in [3.05, 3.63) is 35.4 Å². The van der Waals surface area contributed by atoms with Crippen LogP contribution >= 0.6 is 0 Å². The fourth-order valence-electron chi connectivity index (χ4n) is 2.61. The first-order chi connectivity index (χ1) is 10.6. The molecule has 1 aromatic rings. The molecule has 0 saturated carbocycles. The van der Waals surface area contributed by atoms with Crippen LogP contribution in [0, 0.1) is 0 Å². The highest BCUT2D eigenvalue weighted by Crippen LogP contribution is 2.33. The Balaban J connectivity index is 2.76. The third-order valence-electron chi connectivity index (χ3n) is 3.94. The minimum absolute atomic E-state index is 0.111. The summed E-state index contributed by atoms with van der Waals surface area (Å²) >= 11 is 0. The molecule has 3 nitrogen and oxygen atoms in total. The van der Waals surface area contributed by atoms with Gasteiger partial charge in [0, 0.05) is 6.42 Å². The highest BCUT2D eigenvalue weighted by molar-refractivity contribution is 5.27. The highest BCUT2D eigenvalue weighted by Gasteiger charge is 2.30.